The molecule has 104 valence electrons. The summed E-state index contributed by atoms with van der Waals surface area (Å²) < 4.78 is 18.0. The van der Waals surface area contributed by atoms with E-state index in [9.17, 15) is 9.18 Å². The summed E-state index contributed by atoms with van der Waals surface area (Å²) >= 11 is 0. The minimum atomic E-state index is -0.265. The average molecular weight is 266 g/mol. The van der Waals surface area contributed by atoms with Gasteiger partial charge in [0.05, 0.1) is 6.61 Å². The van der Waals surface area contributed by atoms with Gasteiger partial charge in [0.15, 0.2) is 0 Å². The number of carbonyl (C=O) groups excluding carboxylic acids is 1. The third-order valence-corrected chi connectivity index (χ3v) is 3.06. The van der Waals surface area contributed by atoms with Crippen LogP contribution in [0.4, 0.5) is 4.39 Å². The van der Waals surface area contributed by atoms with Gasteiger partial charge in [-0.05, 0) is 30.5 Å². The summed E-state index contributed by atoms with van der Waals surface area (Å²) in [7, 11) is 0. The summed E-state index contributed by atoms with van der Waals surface area (Å²) in [6.45, 7) is 1.38. The first-order valence-electron chi connectivity index (χ1n) is 6.52. The summed E-state index contributed by atoms with van der Waals surface area (Å²) in [5.74, 6) is -0.292. The zero-order chi connectivity index (χ0) is 13.7. The van der Waals surface area contributed by atoms with Crippen LogP contribution in [-0.2, 0) is 16.1 Å². The molecule has 0 aliphatic heterocycles. The van der Waals surface area contributed by atoms with E-state index in [1.54, 1.807) is 12.1 Å². The molecule has 1 fully saturated rings. The second kappa shape index (κ2) is 6.63. The van der Waals surface area contributed by atoms with Gasteiger partial charge in [-0.25, -0.2) is 4.39 Å². The normalized spacial score (nSPS) is 14.4. The number of rotatable bonds is 7. The third kappa shape index (κ3) is 4.29. The molecule has 0 saturated heterocycles. The quantitative estimate of drug-likeness (QED) is 0.757. The summed E-state index contributed by atoms with van der Waals surface area (Å²) in [5.41, 5.74) is 6.25. The number of halogens is 1. The summed E-state index contributed by atoms with van der Waals surface area (Å²) in [6.07, 6.45) is 2.06. The van der Waals surface area contributed by atoms with E-state index in [1.807, 2.05) is 4.90 Å². The molecule has 0 atom stereocenters. The third-order valence-electron chi connectivity index (χ3n) is 3.06. The molecule has 1 aliphatic rings. The molecule has 0 bridgehead atoms. The van der Waals surface area contributed by atoms with Crippen molar-refractivity contribution in [1.82, 2.24) is 4.90 Å². The van der Waals surface area contributed by atoms with E-state index in [0.717, 1.165) is 18.4 Å². The Morgan fingerprint density at radius 1 is 1.37 bits per heavy atom. The van der Waals surface area contributed by atoms with Crippen LogP contribution in [0.2, 0.25) is 0 Å². The fourth-order valence-electron chi connectivity index (χ4n) is 1.92. The fourth-order valence-corrected chi connectivity index (χ4v) is 1.92. The molecule has 0 heterocycles. The number of carbonyl (C=O) groups is 1. The average Bonchev–Trinajstić information content (AvgIpc) is 3.22. The maximum Gasteiger partial charge on any atom is 0.249 e. The van der Waals surface area contributed by atoms with Gasteiger partial charge >= 0.3 is 0 Å². The SMILES string of the molecule is NCCOCC(=O)N(Cc1ccc(F)cc1)C1CC1. The van der Waals surface area contributed by atoms with Gasteiger partial charge in [-0.2, -0.15) is 0 Å². The molecule has 1 amide bonds. The summed E-state index contributed by atoms with van der Waals surface area (Å²) in [6, 6.07) is 6.54. The minimum absolute atomic E-state index is 0.0275. The molecule has 0 radical (unpaired) electrons. The van der Waals surface area contributed by atoms with Gasteiger partial charge < -0.3 is 15.4 Å². The Hall–Kier alpha value is -1.46. The molecule has 1 saturated carbocycles. The van der Waals surface area contributed by atoms with E-state index >= 15 is 0 Å². The molecule has 0 aromatic heterocycles. The van der Waals surface area contributed by atoms with E-state index < -0.39 is 0 Å². The lowest BCUT2D eigenvalue weighted by atomic mass is 10.2. The monoisotopic (exact) mass is 266 g/mol. The largest absolute Gasteiger partial charge is 0.370 e. The molecular weight excluding hydrogens is 247 g/mol. The predicted molar refractivity (Wildman–Crippen MR) is 69.8 cm³/mol. The first kappa shape index (κ1) is 14.0. The number of nitrogens with two attached hydrogens (primary N) is 1. The molecule has 0 spiro atoms. The van der Waals surface area contributed by atoms with Crippen LogP contribution in [0.1, 0.15) is 18.4 Å². The number of benzene rings is 1. The molecule has 19 heavy (non-hydrogen) atoms. The van der Waals surface area contributed by atoms with Crippen LogP contribution in [0.5, 0.6) is 0 Å². The van der Waals surface area contributed by atoms with Crippen molar-refractivity contribution in [3.8, 4) is 0 Å². The molecule has 1 aromatic carbocycles. The molecule has 2 N–H and O–H groups in total. The highest BCUT2D eigenvalue weighted by Crippen LogP contribution is 2.28. The lowest BCUT2D eigenvalue weighted by Gasteiger charge is -2.22. The van der Waals surface area contributed by atoms with Crippen LogP contribution in [0.25, 0.3) is 0 Å². The second-order valence-electron chi connectivity index (χ2n) is 4.72. The van der Waals surface area contributed by atoms with E-state index in [4.69, 9.17) is 10.5 Å². The van der Waals surface area contributed by atoms with Crippen LogP contribution < -0.4 is 5.73 Å². The number of hydrogen-bond donors (Lipinski definition) is 1. The smallest absolute Gasteiger partial charge is 0.249 e. The highest BCUT2D eigenvalue weighted by molar-refractivity contribution is 5.78. The molecule has 0 unspecified atom stereocenters. The maximum atomic E-state index is 12.8. The highest BCUT2D eigenvalue weighted by Gasteiger charge is 2.32. The highest BCUT2D eigenvalue weighted by atomic mass is 19.1. The lowest BCUT2D eigenvalue weighted by Crippen LogP contribution is -2.35. The fraction of sp³-hybridized carbons (Fsp3) is 0.500. The standard InChI is InChI=1S/C14H19FN2O2/c15-12-3-1-11(2-4-12)9-17(13-5-6-13)14(18)10-19-8-7-16/h1-4,13H,5-10,16H2. The van der Waals surface area contributed by atoms with E-state index in [0.29, 0.717) is 25.7 Å². The zero-order valence-corrected chi connectivity index (χ0v) is 10.8. The van der Waals surface area contributed by atoms with Crippen molar-refractivity contribution in [2.45, 2.75) is 25.4 Å². The van der Waals surface area contributed by atoms with Crippen molar-refractivity contribution in [3.05, 3.63) is 35.6 Å². The molecule has 1 aromatic rings. The Bertz CT molecular complexity index is 418. The molecule has 1 aliphatic carbocycles. The second-order valence-corrected chi connectivity index (χ2v) is 4.72. The van der Waals surface area contributed by atoms with Gasteiger partial charge in [-0.3, -0.25) is 4.79 Å². The van der Waals surface area contributed by atoms with Crippen molar-refractivity contribution in [1.29, 1.82) is 0 Å². The minimum Gasteiger partial charge on any atom is -0.370 e. The summed E-state index contributed by atoms with van der Waals surface area (Å²) in [5, 5.41) is 0. The number of hydrogen-bond acceptors (Lipinski definition) is 3. The maximum absolute atomic E-state index is 12.8. The molecule has 2 rings (SSSR count). The Kier molecular flexibility index (Phi) is 4.87. The first-order valence-corrected chi connectivity index (χ1v) is 6.52. The first-order chi connectivity index (χ1) is 9.20. The van der Waals surface area contributed by atoms with Gasteiger partial charge in [0.1, 0.15) is 12.4 Å². The van der Waals surface area contributed by atoms with Crippen molar-refractivity contribution in [2.75, 3.05) is 19.8 Å². The molecule has 4 nitrogen and oxygen atoms in total. The van der Waals surface area contributed by atoms with Crippen LogP contribution >= 0.6 is 0 Å². The van der Waals surface area contributed by atoms with Gasteiger partial charge in [-0.15, -0.1) is 0 Å². The number of amides is 1. The van der Waals surface area contributed by atoms with E-state index in [1.165, 1.54) is 12.1 Å². The predicted octanol–water partition coefficient (Wildman–Crippen LogP) is 1.29. The van der Waals surface area contributed by atoms with Crippen LogP contribution in [0.3, 0.4) is 0 Å². The zero-order valence-electron chi connectivity index (χ0n) is 10.8. The lowest BCUT2D eigenvalue weighted by molar-refractivity contribution is -0.137. The number of ether oxygens (including phenoxy) is 1. The van der Waals surface area contributed by atoms with Gasteiger partial charge in [0, 0.05) is 19.1 Å². The topological polar surface area (TPSA) is 55.6 Å². The Labute approximate surface area is 112 Å². The Morgan fingerprint density at radius 2 is 2.05 bits per heavy atom. The molecular formula is C14H19FN2O2. The van der Waals surface area contributed by atoms with Crippen molar-refractivity contribution >= 4 is 5.91 Å². The Morgan fingerprint density at radius 3 is 2.63 bits per heavy atom. The van der Waals surface area contributed by atoms with Crippen LogP contribution in [-0.4, -0.2) is 36.6 Å². The Balaban J connectivity index is 1.92. The van der Waals surface area contributed by atoms with Crippen molar-refractivity contribution in [2.24, 2.45) is 5.73 Å². The van der Waals surface area contributed by atoms with Gasteiger partial charge in [-0.1, -0.05) is 12.1 Å². The van der Waals surface area contributed by atoms with Crippen molar-refractivity contribution < 1.29 is 13.9 Å². The van der Waals surface area contributed by atoms with Crippen molar-refractivity contribution in [3.63, 3.8) is 0 Å². The van der Waals surface area contributed by atoms with Crippen LogP contribution in [0.15, 0.2) is 24.3 Å². The molecule has 5 heteroatoms. The van der Waals surface area contributed by atoms with E-state index in [-0.39, 0.29) is 18.3 Å². The van der Waals surface area contributed by atoms with E-state index in [2.05, 4.69) is 0 Å². The van der Waals surface area contributed by atoms with Gasteiger partial charge in [0.25, 0.3) is 0 Å². The summed E-state index contributed by atoms with van der Waals surface area (Å²) in [4.78, 5) is 13.9. The van der Waals surface area contributed by atoms with Gasteiger partial charge in [0.2, 0.25) is 5.91 Å². The number of nitrogens with zero attached hydrogens (tertiary/aromatic N) is 1. The van der Waals surface area contributed by atoms with Crippen LogP contribution in [0, 0.1) is 5.82 Å².